The largest absolute Gasteiger partial charge is 0.385 e. The van der Waals surface area contributed by atoms with Gasteiger partial charge in [-0.3, -0.25) is 0 Å². The predicted molar refractivity (Wildman–Crippen MR) is 86.1 cm³/mol. The van der Waals surface area contributed by atoms with Crippen molar-refractivity contribution < 1.29 is 9.84 Å². The number of ether oxygens (including phenoxy) is 1. The third-order valence-corrected chi connectivity index (χ3v) is 4.90. The zero-order valence-corrected chi connectivity index (χ0v) is 14.5. The van der Waals surface area contributed by atoms with E-state index in [4.69, 9.17) is 4.74 Å². The molecule has 19 heavy (non-hydrogen) atoms. The van der Waals surface area contributed by atoms with Crippen molar-refractivity contribution in [2.45, 2.75) is 57.8 Å². The monoisotopic (exact) mass is 374 g/mol. The number of benzene rings is 1. The summed E-state index contributed by atoms with van der Waals surface area (Å²) >= 11 is 2.28. The Balaban J connectivity index is 2.36. The highest BCUT2D eigenvalue weighted by atomic mass is 127. The molecule has 2 atom stereocenters. The van der Waals surface area contributed by atoms with Crippen LogP contribution in [-0.2, 0) is 10.3 Å². The number of rotatable bonds is 2. The summed E-state index contributed by atoms with van der Waals surface area (Å²) in [6.45, 7) is 10.3. The molecule has 0 amide bonds. The van der Waals surface area contributed by atoms with Crippen LogP contribution in [0.25, 0.3) is 0 Å². The van der Waals surface area contributed by atoms with Gasteiger partial charge in [-0.1, -0.05) is 12.1 Å². The second kappa shape index (κ2) is 4.71. The molecule has 2 nitrogen and oxygen atoms in total. The van der Waals surface area contributed by atoms with Gasteiger partial charge in [0.05, 0.1) is 16.8 Å². The normalized spacial score (nSPS) is 28.1. The lowest BCUT2D eigenvalue weighted by molar-refractivity contribution is -0.110. The van der Waals surface area contributed by atoms with Crippen molar-refractivity contribution >= 4 is 22.6 Å². The van der Waals surface area contributed by atoms with Gasteiger partial charge in [0.15, 0.2) is 0 Å². The first-order valence-electron chi connectivity index (χ1n) is 6.73. The van der Waals surface area contributed by atoms with E-state index in [1.54, 1.807) is 0 Å². The second-order valence-electron chi connectivity index (χ2n) is 6.88. The maximum Gasteiger partial charge on any atom is 0.0924 e. The van der Waals surface area contributed by atoms with Gasteiger partial charge in [-0.25, -0.2) is 0 Å². The minimum Gasteiger partial charge on any atom is -0.385 e. The standard InChI is InChI=1S/C16H23IO2/c1-14(2)10-13(15(3,4)19-14)16(5,18)11-6-8-12(17)9-7-11/h6-9,13,18H,10H2,1-5H3. The van der Waals surface area contributed by atoms with Gasteiger partial charge in [0.25, 0.3) is 0 Å². The highest BCUT2D eigenvalue weighted by Gasteiger charge is 2.53. The molecule has 1 aromatic carbocycles. The van der Waals surface area contributed by atoms with E-state index in [1.165, 1.54) is 3.57 Å². The highest BCUT2D eigenvalue weighted by Crippen LogP contribution is 2.50. The van der Waals surface area contributed by atoms with Crippen LogP contribution in [0.2, 0.25) is 0 Å². The van der Waals surface area contributed by atoms with Gasteiger partial charge in [-0.05, 0) is 81.3 Å². The lowest BCUT2D eigenvalue weighted by Gasteiger charge is -2.38. The summed E-state index contributed by atoms with van der Waals surface area (Å²) in [6.07, 6.45) is 0.860. The van der Waals surface area contributed by atoms with Crippen LogP contribution in [0.4, 0.5) is 0 Å². The topological polar surface area (TPSA) is 29.5 Å². The summed E-state index contributed by atoms with van der Waals surface area (Å²) in [5, 5.41) is 11.1. The molecule has 0 aliphatic carbocycles. The Labute approximate surface area is 129 Å². The summed E-state index contributed by atoms with van der Waals surface area (Å²) in [5.74, 6) is 0.0788. The quantitative estimate of drug-likeness (QED) is 0.791. The molecule has 2 rings (SSSR count). The third-order valence-electron chi connectivity index (χ3n) is 4.18. The van der Waals surface area contributed by atoms with Gasteiger partial charge < -0.3 is 9.84 Å². The van der Waals surface area contributed by atoms with Crippen LogP contribution in [0, 0.1) is 9.49 Å². The average molecular weight is 374 g/mol. The van der Waals surface area contributed by atoms with Gasteiger partial charge in [0.1, 0.15) is 0 Å². The molecule has 106 valence electrons. The summed E-state index contributed by atoms with van der Waals surface area (Å²) in [6, 6.07) is 8.11. The molecular weight excluding hydrogens is 351 g/mol. The molecule has 1 saturated heterocycles. The van der Waals surface area contributed by atoms with Crippen LogP contribution in [0.5, 0.6) is 0 Å². The van der Waals surface area contributed by atoms with E-state index in [0.29, 0.717) is 0 Å². The van der Waals surface area contributed by atoms with Crippen LogP contribution in [0.3, 0.4) is 0 Å². The molecule has 0 bridgehead atoms. The Morgan fingerprint density at radius 2 is 1.74 bits per heavy atom. The summed E-state index contributed by atoms with van der Waals surface area (Å²) in [5.41, 5.74) is -0.411. The Morgan fingerprint density at radius 1 is 1.21 bits per heavy atom. The smallest absolute Gasteiger partial charge is 0.0924 e. The van der Waals surface area contributed by atoms with E-state index < -0.39 is 5.60 Å². The summed E-state index contributed by atoms with van der Waals surface area (Å²) < 4.78 is 7.30. The summed E-state index contributed by atoms with van der Waals surface area (Å²) in [4.78, 5) is 0. The molecule has 1 aliphatic rings. The second-order valence-corrected chi connectivity index (χ2v) is 8.12. The molecule has 0 saturated carbocycles. The number of hydrogen-bond acceptors (Lipinski definition) is 2. The van der Waals surface area contributed by atoms with Crippen molar-refractivity contribution in [3.8, 4) is 0 Å². The first-order valence-corrected chi connectivity index (χ1v) is 7.81. The number of aliphatic hydroxyl groups is 1. The van der Waals surface area contributed by atoms with Crippen LogP contribution >= 0.6 is 22.6 Å². The first kappa shape index (κ1) is 15.3. The summed E-state index contributed by atoms with van der Waals surface area (Å²) in [7, 11) is 0. The fourth-order valence-corrected chi connectivity index (χ4v) is 3.79. The Bertz CT molecular complexity index is 460. The van der Waals surface area contributed by atoms with Gasteiger partial charge >= 0.3 is 0 Å². The molecule has 1 aromatic rings. The van der Waals surface area contributed by atoms with Crippen molar-refractivity contribution in [2.75, 3.05) is 0 Å². The van der Waals surface area contributed by atoms with Gasteiger partial charge in [0.2, 0.25) is 0 Å². The van der Waals surface area contributed by atoms with Crippen molar-refractivity contribution in [1.82, 2.24) is 0 Å². The third kappa shape index (κ3) is 2.98. The van der Waals surface area contributed by atoms with E-state index in [2.05, 4.69) is 50.3 Å². The SMILES string of the molecule is CC1(C)CC(C(C)(O)c2ccc(I)cc2)C(C)(C)O1. The van der Waals surface area contributed by atoms with Gasteiger partial charge in [-0.2, -0.15) is 0 Å². The molecule has 1 aliphatic heterocycles. The van der Waals surface area contributed by atoms with E-state index in [-0.39, 0.29) is 17.1 Å². The zero-order chi connectivity index (χ0) is 14.5. The van der Waals surface area contributed by atoms with Gasteiger partial charge in [-0.15, -0.1) is 0 Å². The Hall–Kier alpha value is -0.130. The highest BCUT2D eigenvalue weighted by molar-refractivity contribution is 14.1. The number of halogens is 1. The minimum absolute atomic E-state index is 0.0788. The molecular formula is C16H23IO2. The lowest BCUT2D eigenvalue weighted by atomic mass is 9.72. The maximum atomic E-state index is 11.1. The lowest BCUT2D eigenvalue weighted by Crippen LogP contribution is -2.42. The fourth-order valence-electron chi connectivity index (χ4n) is 3.43. The minimum atomic E-state index is -0.873. The zero-order valence-electron chi connectivity index (χ0n) is 12.3. The molecule has 2 unspecified atom stereocenters. The Morgan fingerprint density at radius 3 is 2.16 bits per heavy atom. The van der Waals surface area contributed by atoms with E-state index >= 15 is 0 Å². The van der Waals surface area contributed by atoms with Crippen molar-refractivity contribution in [1.29, 1.82) is 0 Å². The van der Waals surface area contributed by atoms with Crippen LogP contribution in [-0.4, -0.2) is 16.3 Å². The van der Waals surface area contributed by atoms with E-state index in [9.17, 15) is 5.11 Å². The molecule has 1 heterocycles. The maximum absolute atomic E-state index is 11.1. The van der Waals surface area contributed by atoms with Crippen LogP contribution < -0.4 is 0 Å². The van der Waals surface area contributed by atoms with E-state index in [1.807, 2.05) is 31.2 Å². The average Bonchev–Trinajstić information content (AvgIpc) is 2.48. The van der Waals surface area contributed by atoms with Crippen LogP contribution in [0.15, 0.2) is 24.3 Å². The predicted octanol–water partition coefficient (Wildman–Crippen LogP) is 4.09. The fraction of sp³-hybridized carbons (Fsp3) is 0.625. The van der Waals surface area contributed by atoms with Crippen molar-refractivity contribution in [3.05, 3.63) is 33.4 Å². The Kier molecular flexibility index (Phi) is 3.78. The van der Waals surface area contributed by atoms with Crippen molar-refractivity contribution in [3.63, 3.8) is 0 Å². The first-order chi connectivity index (χ1) is 8.55. The van der Waals surface area contributed by atoms with Gasteiger partial charge in [0, 0.05) is 9.49 Å². The van der Waals surface area contributed by atoms with Crippen molar-refractivity contribution in [2.24, 2.45) is 5.92 Å². The molecule has 0 aromatic heterocycles. The number of hydrogen-bond donors (Lipinski definition) is 1. The molecule has 1 N–H and O–H groups in total. The molecule has 0 spiro atoms. The molecule has 0 radical (unpaired) electrons. The molecule has 1 fully saturated rings. The van der Waals surface area contributed by atoms with E-state index in [0.717, 1.165) is 12.0 Å². The van der Waals surface area contributed by atoms with Crippen LogP contribution in [0.1, 0.15) is 46.6 Å². The molecule has 3 heteroatoms.